The minimum absolute atomic E-state index is 0.0118. The summed E-state index contributed by atoms with van der Waals surface area (Å²) in [6, 6.07) is 14.7. The molecular weight excluding hydrogens is 699 g/mol. The first-order valence-electron chi connectivity index (χ1n) is 15.8. The van der Waals surface area contributed by atoms with Gasteiger partial charge in [0.05, 0.1) is 24.3 Å². The second-order valence-corrected chi connectivity index (χ2v) is 12.7. The summed E-state index contributed by atoms with van der Waals surface area (Å²) in [5.74, 6) is -3.52. The molecule has 0 saturated carbocycles. The number of carbonyl (C=O) groups excluding carboxylic acids is 3. The van der Waals surface area contributed by atoms with Gasteiger partial charge in [0.15, 0.2) is 17.4 Å². The Bertz CT molecular complexity index is 2200. The smallest absolute Gasteiger partial charge is 0.362 e. The molecule has 17 heteroatoms. The van der Waals surface area contributed by atoms with Gasteiger partial charge in [0.2, 0.25) is 17.6 Å². The van der Waals surface area contributed by atoms with Crippen molar-refractivity contribution in [2.75, 3.05) is 23.3 Å². The predicted octanol–water partition coefficient (Wildman–Crippen LogP) is 5.91. The lowest BCUT2D eigenvalue weighted by Gasteiger charge is -2.30. The van der Waals surface area contributed by atoms with Gasteiger partial charge >= 0.3 is 6.18 Å². The van der Waals surface area contributed by atoms with Crippen LogP contribution in [0.3, 0.4) is 0 Å². The predicted molar refractivity (Wildman–Crippen MR) is 176 cm³/mol. The number of benzene rings is 3. The molecule has 2 aromatic heterocycles. The van der Waals surface area contributed by atoms with Gasteiger partial charge < -0.3 is 19.7 Å². The van der Waals surface area contributed by atoms with Crippen molar-refractivity contribution >= 4 is 51.5 Å². The van der Waals surface area contributed by atoms with Crippen molar-refractivity contribution in [1.82, 2.24) is 29.4 Å². The summed E-state index contributed by atoms with van der Waals surface area (Å²) in [5.41, 5.74) is 1.43. The summed E-state index contributed by atoms with van der Waals surface area (Å²) < 4.78 is 72.6. The van der Waals surface area contributed by atoms with Gasteiger partial charge in [0.1, 0.15) is 24.5 Å². The number of carbonyl (C=O) groups is 3. The molecule has 0 bridgehead atoms. The van der Waals surface area contributed by atoms with Crippen molar-refractivity contribution in [2.24, 2.45) is 0 Å². The Labute approximate surface area is 291 Å². The second-order valence-electron chi connectivity index (χ2n) is 12.3. The van der Waals surface area contributed by atoms with Gasteiger partial charge in [0, 0.05) is 53.7 Å². The second kappa shape index (κ2) is 13.1. The zero-order valence-electron chi connectivity index (χ0n) is 26.8. The third-order valence-electron chi connectivity index (χ3n) is 9.02. The van der Waals surface area contributed by atoms with Crippen molar-refractivity contribution in [2.45, 2.75) is 51.4 Å². The Balaban J connectivity index is 1.10. The minimum atomic E-state index is -4.64. The standard InChI is InChI=1S/C34H28ClF5N8O3/c1-18(49)31-23-14-20(45-11-12-46-28(16-45)42-43-33(46)34(38,39)40)9-10-26(23)48(44-31)17-29(50)47-15-19(36)13-27(47)32(51)41-25-8-4-6-22(30(25)37)21-5-2-3-7-24(21)35/h2-10,14,19,27H,11-13,15-17H2,1H3,(H,41,51)/t19-,27+/m1/s1. The van der Waals surface area contributed by atoms with E-state index in [2.05, 4.69) is 20.6 Å². The van der Waals surface area contributed by atoms with E-state index in [1.807, 2.05) is 0 Å². The maximum Gasteiger partial charge on any atom is 0.451 e. The van der Waals surface area contributed by atoms with Crippen LogP contribution in [0, 0.1) is 5.82 Å². The highest BCUT2D eigenvalue weighted by molar-refractivity contribution is 6.33. The molecule has 7 rings (SSSR count). The third kappa shape index (κ3) is 6.39. The number of hydrogen-bond donors (Lipinski definition) is 1. The lowest BCUT2D eigenvalue weighted by atomic mass is 10.0. The zero-order valence-corrected chi connectivity index (χ0v) is 27.5. The summed E-state index contributed by atoms with van der Waals surface area (Å²) in [5, 5.41) is 14.6. The lowest BCUT2D eigenvalue weighted by molar-refractivity contribution is -0.147. The number of nitrogens with one attached hydrogen (secondary N) is 1. The molecular formula is C34H28ClF5N8O3. The minimum Gasteiger partial charge on any atom is -0.362 e. The highest BCUT2D eigenvalue weighted by Gasteiger charge is 2.41. The summed E-state index contributed by atoms with van der Waals surface area (Å²) in [7, 11) is 0. The van der Waals surface area contributed by atoms with E-state index in [0.717, 1.165) is 9.47 Å². The highest BCUT2D eigenvalue weighted by Crippen LogP contribution is 2.34. The number of aromatic nitrogens is 5. The van der Waals surface area contributed by atoms with Crippen molar-refractivity contribution in [3.63, 3.8) is 0 Å². The first kappa shape index (κ1) is 34.1. The Morgan fingerprint density at radius 1 is 1.00 bits per heavy atom. The molecule has 1 saturated heterocycles. The quantitative estimate of drug-likeness (QED) is 0.164. The summed E-state index contributed by atoms with van der Waals surface area (Å²) >= 11 is 6.25. The molecule has 51 heavy (non-hydrogen) atoms. The number of nitrogens with zero attached hydrogens (tertiary/aromatic N) is 7. The van der Waals surface area contributed by atoms with Gasteiger partial charge in [-0.2, -0.15) is 18.3 Å². The van der Waals surface area contributed by atoms with Crippen LogP contribution in [-0.4, -0.2) is 72.3 Å². The number of rotatable bonds is 7. The molecule has 0 spiro atoms. The summed E-state index contributed by atoms with van der Waals surface area (Å²) in [6.45, 7) is 0.714. The number of likely N-dealkylation sites (tertiary alicyclic amines) is 1. The zero-order chi connectivity index (χ0) is 36.2. The van der Waals surface area contributed by atoms with E-state index in [0.29, 0.717) is 27.2 Å². The third-order valence-corrected chi connectivity index (χ3v) is 9.35. The maximum atomic E-state index is 15.6. The first-order valence-corrected chi connectivity index (χ1v) is 16.2. The molecule has 0 radical (unpaired) electrons. The maximum absolute atomic E-state index is 15.6. The van der Waals surface area contributed by atoms with Crippen LogP contribution in [-0.2, 0) is 35.4 Å². The van der Waals surface area contributed by atoms with E-state index >= 15 is 4.39 Å². The fraction of sp³-hybridized carbons (Fsp3) is 0.294. The van der Waals surface area contributed by atoms with E-state index in [4.69, 9.17) is 11.6 Å². The molecule has 2 aliphatic rings. The van der Waals surface area contributed by atoms with Crippen molar-refractivity contribution in [1.29, 1.82) is 0 Å². The molecule has 1 N–H and O–H groups in total. The number of alkyl halides is 4. The van der Waals surface area contributed by atoms with Crippen LogP contribution < -0.4 is 10.2 Å². The highest BCUT2D eigenvalue weighted by atomic mass is 35.5. The Morgan fingerprint density at radius 2 is 1.76 bits per heavy atom. The number of ketones is 1. The average molecular weight is 727 g/mol. The van der Waals surface area contributed by atoms with Crippen LogP contribution >= 0.6 is 11.6 Å². The fourth-order valence-corrected chi connectivity index (χ4v) is 6.83. The van der Waals surface area contributed by atoms with Crippen LogP contribution in [0.25, 0.3) is 22.0 Å². The molecule has 4 heterocycles. The molecule has 0 aliphatic carbocycles. The van der Waals surface area contributed by atoms with Gasteiger partial charge in [-0.05, 0) is 30.3 Å². The van der Waals surface area contributed by atoms with Crippen LogP contribution in [0.15, 0.2) is 60.7 Å². The van der Waals surface area contributed by atoms with Crippen LogP contribution in [0.4, 0.5) is 33.3 Å². The van der Waals surface area contributed by atoms with Gasteiger partial charge in [-0.25, -0.2) is 8.78 Å². The molecule has 1 fully saturated rings. The van der Waals surface area contributed by atoms with Crippen LogP contribution in [0.5, 0.6) is 0 Å². The van der Waals surface area contributed by atoms with E-state index in [-0.39, 0.29) is 55.4 Å². The van der Waals surface area contributed by atoms with E-state index in [1.54, 1.807) is 47.4 Å². The Hall–Kier alpha value is -5.38. The summed E-state index contributed by atoms with van der Waals surface area (Å²) in [4.78, 5) is 42.5. The summed E-state index contributed by atoms with van der Waals surface area (Å²) in [6.07, 6.45) is -6.46. The SMILES string of the molecule is CC(=O)c1nn(CC(=O)N2C[C@H](F)C[C@H]2C(=O)Nc2cccc(-c3ccccc3Cl)c2F)c2ccc(N3CCn4c(nnc4C(F)(F)F)C3)cc12. The van der Waals surface area contributed by atoms with Crippen LogP contribution in [0.1, 0.15) is 35.5 Å². The van der Waals surface area contributed by atoms with Crippen molar-refractivity contribution in [3.8, 4) is 11.1 Å². The number of halogens is 6. The lowest BCUT2D eigenvalue weighted by Crippen LogP contribution is -2.44. The normalized spacial score (nSPS) is 17.5. The number of fused-ring (bicyclic) bond motifs is 2. The number of amides is 2. The molecule has 3 aromatic carbocycles. The topological polar surface area (TPSA) is 118 Å². The number of hydrogen-bond acceptors (Lipinski definition) is 7. The molecule has 264 valence electrons. The fourth-order valence-electron chi connectivity index (χ4n) is 6.59. The Kier molecular flexibility index (Phi) is 8.73. The number of Topliss-reactive ketones (excluding diaryl/α,β-unsaturated/α-hetero) is 1. The van der Waals surface area contributed by atoms with Crippen molar-refractivity contribution < 1.29 is 36.3 Å². The monoisotopic (exact) mass is 726 g/mol. The number of anilines is 2. The molecule has 0 unspecified atom stereocenters. The molecule has 11 nitrogen and oxygen atoms in total. The molecule has 2 amide bonds. The van der Waals surface area contributed by atoms with Crippen molar-refractivity contribution in [3.05, 3.63) is 88.8 Å². The first-order chi connectivity index (χ1) is 24.3. The molecule has 2 atom stereocenters. The average Bonchev–Trinajstić information content (AvgIpc) is 3.81. The Morgan fingerprint density at radius 3 is 2.51 bits per heavy atom. The van der Waals surface area contributed by atoms with E-state index in [1.165, 1.54) is 29.8 Å². The van der Waals surface area contributed by atoms with Gasteiger partial charge in [-0.1, -0.05) is 41.9 Å². The van der Waals surface area contributed by atoms with Gasteiger partial charge in [-0.15, -0.1) is 10.2 Å². The van der Waals surface area contributed by atoms with E-state index in [9.17, 15) is 31.9 Å². The largest absolute Gasteiger partial charge is 0.451 e. The van der Waals surface area contributed by atoms with Gasteiger partial charge in [-0.3, -0.25) is 19.1 Å². The molecule has 2 aliphatic heterocycles. The van der Waals surface area contributed by atoms with Crippen LogP contribution in [0.2, 0.25) is 5.02 Å². The van der Waals surface area contributed by atoms with E-state index < -0.39 is 54.2 Å². The van der Waals surface area contributed by atoms with Gasteiger partial charge in [0.25, 0.3) is 0 Å². The molecule has 5 aromatic rings.